The molecule has 6 nitrogen and oxygen atoms in total. The van der Waals surface area contributed by atoms with E-state index in [-0.39, 0.29) is 22.6 Å². The molecule has 4 aromatic rings. The molecule has 112 valence electrons. The molecule has 0 aliphatic carbocycles. The minimum Gasteiger partial charge on any atom is -0.289 e. The van der Waals surface area contributed by atoms with Gasteiger partial charge in [-0.1, -0.05) is 18.2 Å². The SMILES string of the molecule is O=c1[nH]c2nc3ccccc3c(=O)n2nc1/C=C\c1cccs1. The van der Waals surface area contributed by atoms with Crippen molar-refractivity contribution in [3.8, 4) is 0 Å². The summed E-state index contributed by atoms with van der Waals surface area (Å²) in [7, 11) is 0. The molecular formula is C16H10N4O2S. The molecule has 0 aliphatic heterocycles. The number of aromatic nitrogens is 4. The Kier molecular flexibility index (Phi) is 3.13. The van der Waals surface area contributed by atoms with Crippen molar-refractivity contribution in [1.82, 2.24) is 19.6 Å². The molecule has 4 rings (SSSR count). The Morgan fingerprint density at radius 2 is 1.96 bits per heavy atom. The second-order valence-corrected chi connectivity index (χ2v) is 5.84. The first-order chi connectivity index (χ1) is 11.2. The number of benzene rings is 1. The number of thiophene rings is 1. The summed E-state index contributed by atoms with van der Waals surface area (Å²) in [4.78, 5) is 32.5. The van der Waals surface area contributed by atoms with Gasteiger partial charge in [-0.15, -0.1) is 11.3 Å². The molecule has 0 amide bonds. The van der Waals surface area contributed by atoms with Crippen molar-refractivity contribution >= 4 is 40.2 Å². The number of hydrogen-bond acceptors (Lipinski definition) is 5. The zero-order valence-electron chi connectivity index (χ0n) is 11.8. The number of H-pyrrole nitrogens is 1. The molecule has 0 unspecified atom stereocenters. The Morgan fingerprint density at radius 1 is 1.09 bits per heavy atom. The molecule has 3 heterocycles. The zero-order valence-corrected chi connectivity index (χ0v) is 12.6. The van der Waals surface area contributed by atoms with E-state index >= 15 is 0 Å². The predicted octanol–water partition coefficient (Wildman–Crippen LogP) is 2.16. The molecule has 7 heteroatoms. The highest BCUT2D eigenvalue weighted by Gasteiger charge is 2.08. The number of nitrogens with one attached hydrogen (secondary N) is 1. The zero-order chi connectivity index (χ0) is 15.8. The standard InChI is InChI=1S/C16H10N4O2S/c21-14-13(8-7-10-4-3-9-23-10)19-20-15(22)11-5-1-2-6-12(11)17-16(20)18-14/h1-9H,(H,17,18,21)/b8-7-. The van der Waals surface area contributed by atoms with Gasteiger partial charge in [0.05, 0.1) is 10.9 Å². The number of rotatable bonds is 2. The maximum absolute atomic E-state index is 12.5. The molecule has 0 atom stereocenters. The average molecular weight is 322 g/mol. The highest BCUT2D eigenvalue weighted by atomic mass is 32.1. The van der Waals surface area contributed by atoms with Gasteiger partial charge in [0, 0.05) is 4.88 Å². The lowest BCUT2D eigenvalue weighted by Gasteiger charge is -2.02. The molecule has 1 N–H and O–H groups in total. The summed E-state index contributed by atoms with van der Waals surface area (Å²) in [5.41, 5.74) is -0.0190. The highest BCUT2D eigenvalue weighted by molar-refractivity contribution is 7.10. The van der Waals surface area contributed by atoms with E-state index in [0.29, 0.717) is 10.9 Å². The van der Waals surface area contributed by atoms with E-state index in [1.165, 1.54) is 0 Å². The van der Waals surface area contributed by atoms with Crippen LogP contribution < -0.4 is 11.1 Å². The van der Waals surface area contributed by atoms with Crippen LogP contribution in [0.1, 0.15) is 10.6 Å². The number of aromatic amines is 1. The minimum absolute atomic E-state index is 0.131. The fourth-order valence-corrected chi connectivity index (χ4v) is 2.89. The van der Waals surface area contributed by atoms with E-state index in [9.17, 15) is 9.59 Å². The molecule has 23 heavy (non-hydrogen) atoms. The van der Waals surface area contributed by atoms with E-state index in [2.05, 4.69) is 15.1 Å². The summed E-state index contributed by atoms with van der Waals surface area (Å²) in [6.45, 7) is 0. The largest absolute Gasteiger partial charge is 0.289 e. The number of fused-ring (bicyclic) bond motifs is 2. The second kappa shape index (κ2) is 5.29. The van der Waals surface area contributed by atoms with Crippen molar-refractivity contribution in [2.45, 2.75) is 0 Å². The van der Waals surface area contributed by atoms with E-state index in [4.69, 9.17) is 0 Å². The third-order valence-electron chi connectivity index (χ3n) is 3.37. The molecule has 0 radical (unpaired) electrons. The first-order valence-electron chi connectivity index (χ1n) is 6.86. The van der Waals surface area contributed by atoms with Crippen LogP contribution in [0, 0.1) is 0 Å². The van der Waals surface area contributed by atoms with Gasteiger partial charge in [0.25, 0.3) is 11.1 Å². The van der Waals surface area contributed by atoms with Crippen LogP contribution in [0.2, 0.25) is 0 Å². The third-order valence-corrected chi connectivity index (χ3v) is 4.21. The van der Waals surface area contributed by atoms with Crippen molar-refractivity contribution in [2.24, 2.45) is 0 Å². The van der Waals surface area contributed by atoms with Crippen LogP contribution in [0.25, 0.3) is 28.8 Å². The topological polar surface area (TPSA) is 80.1 Å². The molecule has 0 spiro atoms. The Balaban J connectivity index is 1.95. The first-order valence-corrected chi connectivity index (χ1v) is 7.74. The summed E-state index contributed by atoms with van der Waals surface area (Å²) >= 11 is 1.55. The van der Waals surface area contributed by atoms with Crippen molar-refractivity contribution in [1.29, 1.82) is 0 Å². The fraction of sp³-hybridized carbons (Fsp3) is 0. The van der Waals surface area contributed by atoms with E-state index in [1.54, 1.807) is 47.8 Å². The van der Waals surface area contributed by atoms with Crippen molar-refractivity contribution in [3.05, 3.63) is 73.1 Å². The second-order valence-electron chi connectivity index (χ2n) is 4.86. The Bertz CT molecular complexity index is 1160. The van der Waals surface area contributed by atoms with Gasteiger partial charge < -0.3 is 0 Å². The maximum atomic E-state index is 12.5. The van der Waals surface area contributed by atoms with Crippen molar-refractivity contribution < 1.29 is 0 Å². The number of para-hydroxylation sites is 1. The molecule has 0 saturated carbocycles. The average Bonchev–Trinajstić information content (AvgIpc) is 3.07. The van der Waals surface area contributed by atoms with Crippen molar-refractivity contribution in [2.75, 3.05) is 0 Å². The van der Waals surface area contributed by atoms with Crippen LogP contribution in [0.4, 0.5) is 0 Å². The molecule has 0 saturated heterocycles. The summed E-state index contributed by atoms with van der Waals surface area (Å²) in [5, 5.41) is 6.54. The summed E-state index contributed by atoms with van der Waals surface area (Å²) in [5.74, 6) is 0.131. The van der Waals surface area contributed by atoms with Gasteiger partial charge in [-0.2, -0.15) is 9.61 Å². The molecule has 3 aromatic heterocycles. The van der Waals surface area contributed by atoms with Gasteiger partial charge in [0.2, 0.25) is 5.78 Å². The molecule has 0 aliphatic rings. The lowest BCUT2D eigenvalue weighted by molar-refractivity contribution is 0.830. The molecule has 0 bridgehead atoms. The predicted molar refractivity (Wildman–Crippen MR) is 90.6 cm³/mol. The van der Waals surface area contributed by atoms with E-state index in [1.807, 2.05) is 17.5 Å². The monoisotopic (exact) mass is 322 g/mol. The van der Waals surface area contributed by atoms with Gasteiger partial charge in [0.15, 0.2) is 0 Å². The van der Waals surface area contributed by atoms with Gasteiger partial charge in [-0.05, 0) is 35.7 Å². The van der Waals surface area contributed by atoms with E-state index < -0.39 is 0 Å². The van der Waals surface area contributed by atoms with Gasteiger partial charge in [0.1, 0.15) is 5.69 Å². The Labute approximate surface area is 133 Å². The number of hydrogen-bond donors (Lipinski definition) is 1. The van der Waals surface area contributed by atoms with E-state index in [0.717, 1.165) is 9.39 Å². The van der Waals surface area contributed by atoms with Crippen LogP contribution in [-0.2, 0) is 0 Å². The van der Waals surface area contributed by atoms with Crippen molar-refractivity contribution in [3.63, 3.8) is 0 Å². The first kappa shape index (κ1) is 13.6. The van der Waals surface area contributed by atoms with Gasteiger partial charge in [-0.25, -0.2) is 4.98 Å². The molecule has 0 fully saturated rings. The lowest BCUT2D eigenvalue weighted by Crippen LogP contribution is -2.25. The van der Waals surface area contributed by atoms with Gasteiger partial charge >= 0.3 is 0 Å². The summed E-state index contributed by atoms with van der Waals surface area (Å²) < 4.78 is 1.12. The minimum atomic E-state index is -0.389. The summed E-state index contributed by atoms with van der Waals surface area (Å²) in [6.07, 6.45) is 3.37. The van der Waals surface area contributed by atoms with Crippen LogP contribution >= 0.6 is 11.3 Å². The van der Waals surface area contributed by atoms with Crippen LogP contribution in [-0.4, -0.2) is 19.6 Å². The normalized spacial score (nSPS) is 11.7. The van der Waals surface area contributed by atoms with Crippen LogP contribution in [0.3, 0.4) is 0 Å². The van der Waals surface area contributed by atoms with Crippen LogP contribution in [0.15, 0.2) is 51.4 Å². The summed E-state index contributed by atoms with van der Waals surface area (Å²) in [6, 6.07) is 10.8. The Hall–Kier alpha value is -3.06. The third kappa shape index (κ3) is 2.36. The molecule has 1 aromatic carbocycles. The van der Waals surface area contributed by atoms with Crippen LogP contribution in [0.5, 0.6) is 0 Å². The molecular weight excluding hydrogens is 312 g/mol. The smallest absolute Gasteiger partial charge is 0.283 e. The fourth-order valence-electron chi connectivity index (χ4n) is 2.27. The number of nitrogens with zero attached hydrogens (tertiary/aromatic N) is 3. The maximum Gasteiger partial charge on any atom is 0.283 e. The highest BCUT2D eigenvalue weighted by Crippen LogP contribution is 2.11. The quantitative estimate of drug-likeness (QED) is 0.574. The lowest BCUT2D eigenvalue weighted by atomic mass is 10.2. The Morgan fingerprint density at radius 3 is 2.78 bits per heavy atom. The van der Waals surface area contributed by atoms with Gasteiger partial charge in [-0.3, -0.25) is 14.6 Å².